The summed E-state index contributed by atoms with van der Waals surface area (Å²) < 4.78 is 0. The second-order valence-corrected chi connectivity index (χ2v) is 11.9. The van der Waals surface area contributed by atoms with E-state index in [0.29, 0.717) is 0 Å². The number of aryl methyl sites for hydroxylation is 3. The number of fused-ring (bicyclic) bond motifs is 2. The Bertz CT molecular complexity index is 1240. The number of hydrogen-bond donors (Lipinski definition) is 0. The van der Waals surface area contributed by atoms with Crippen molar-refractivity contribution in [3.05, 3.63) is 93.0 Å². The molecule has 5 rings (SSSR count). The lowest BCUT2D eigenvalue weighted by Gasteiger charge is -2.40. The van der Waals surface area contributed by atoms with Crippen LogP contribution in [0.2, 0.25) is 0 Å². The van der Waals surface area contributed by atoms with E-state index < -0.39 is 0 Å². The molecule has 0 amide bonds. The van der Waals surface area contributed by atoms with E-state index in [0.717, 1.165) is 19.6 Å². The summed E-state index contributed by atoms with van der Waals surface area (Å²) in [5.41, 5.74) is 13.4. The molecule has 0 bridgehead atoms. The van der Waals surface area contributed by atoms with Crippen LogP contribution in [0.15, 0.2) is 53.4 Å². The molecule has 0 aliphatic carbocycles. The molecule has 2 nitrogen and oxygen atoms in total. The molecule has 3 aromatic carbocycles. The molecule has 2 aliphatic heterocycles. The lowest BCUT2D eigenvalue weighted by atomic mass is 9.74. The number of likely N-dealkylation sites (tertiary alicyclic amines) is 1. The van der Waals surface area contributed by atoms with Crippen LogP contribution in [0.5, 0.6) is 0 Å². The van der Waals surface area contributed by atoms with Crippen molar-refractivity contribution >= 4 is 17.4 Å². The predicted octanol–water partition coefficient (Wildman–Crippen LogP) is 7.50. The minimum Gasteiger partial charge on any atom is -0.366 e. The van der Waals surface area contributed by atoms with Crippen molar-refractivity contribution in [2.45, 2.75) is 70.9 Å². The molecule has 1 fully saturated rings. The van der Waals surface area contributed by atoms with Gasteiger partial charge in [-0.1, -0.05) is 35.9 Å². The first-order chi connectivity index (χ1) is 16.8. The van der Waals surface area contributed by atoms with Crippen LogP contribution in [0, 0.1) is 34.6 Å². The number of anilines is 1. The van der Waals surface area contributed by atoms with Gasteiger partial charge in [0, 0.05) is 35.6 Å². The first kappa shape index (κ1) is 24.5. The van der Waals surface area contributed by atoms with Crippen LogP contribution in [-0.2, 0) is 18.5 Å². The summed E-state index contributed by atoms with van der Waals surface area (Å²) in [6.45, 7) is 16.8. The number of piperidine rings is 1. The van der Waals surface area contributed by atoms with E-state index in [-0.39, 0.29) is 5.41 Å². The van der Waals surface area contributed by atoms with Crippen LogP contribution in [0.3, 0.4) is 0 Å². The van der Waals surface area contributed by atoms with E-state index in [9.17, 15) is 0 Å². The molecule has 0 N–H and O–H groups in total. The third kappa shape index (κ3) is 4.66. The van der Waals surface area contributed by atoms with E-state index >= 15 is 0 Å². The van der Waals surface area contributed by atoms with E-state index in [1.807, 2.05) is 11.8 Å². The average molecular weight is 485 g/mol. The van der Waals surface area contributed by atoms with Gasteiger partial charge in [0.1, 0.15) is 0 Å². The fourth-order valence-electron chi connectivity index (χ4n) is 6.19. The Morgan fingerprint density at radius 3 is 2.26 bits per heavy atom. The maximum Gasteiger partial charge on any atom is 0.0432 e. The zero-order valence-electron chi connectivity index (χ0n) is 22.4. The number of hydrogen-bond acceptors (Lipinski definition) is 3. The topological polar surface area (TPSA) is 6.48 Å². The first-order valence-corrected chi connectivity index (χ1v) is 14.3. The van der Waals surface area contributed by atoms with Gasteiger partial charge >= 0.3 is 0 Å². The third-order valence-electron chi connectivity index (χ3n) is 8.85. The van der Waals surface area contributed by atoms with Gasteiger partial charge in [0.05, 0.1) is 0 Å². The van der Waals surface area contributed by atoms with E-state index in [4.69, 9.17) is 0 Å². The maximum atomic E-state index is 2.69. The normalized spacial score (nSPS) is 17.3. The molecule has 35 heavy (non-hydrogen) atoms. The Balaban J connectivity index is 1.38. The van der Waals surface area contributed by atoms with Gasteiger partial charge in [-0.15, -0.1) is 11.8 Å². The van der Waals surface area contributed by atoms with Gasteiger partial charge in [0.2, 0.25) is 0 Å². The molecule has 3 aromatic rings. The van der Waals surface area contributed by atoms with Crippen LogP contribution in [0.1, 0.15) is 57.3 Å². The summed E-state index contributed by atoms with van der Waals surface area (Å²) in [7, 11) is 0. The smallest absolute Gasteiger partial charge is 0.0432 e. The Morgan fingerprint density at radius 2 is 1.51 bits per heavy atom. The van der Waals surface area contributed by atoms with Gasteiger partial charge in [-0.25, -0.2) is 0 Å². The van der Waals surface area contributed by atoms with E-state index in [2.05, 4.69) is 99.2 Å². The molecule has 1 saturated heterocycles. The zero-order valence-corrected chi connectivity index (χ0v) is 23.2. The predicted molar refractivity (Wildman–Crippen MR) is 152 cm³/mol. The Morgan fingerprint density at radius 1 is 0.771 bits per heavy atom. The molecule has 0 saturated carbocycles. The largest absolute Gasteiger partial charge is 0.366 e. The highest BCUT2D eigenvalue weighted by molar-refractivity contribution is 7.98. The highest BCUT2D eigenvalue weighted by Gasteiger charge is 2.44. The number of rotatable bonds is 5. The fourth-order valence-corrected chi connectivity index (χ4v) is 6.63. The summed E-state index contributed by atoms with van der Waals surface area (Å²) in [4.78, 5) is 6.75. The van der Waals surface area contributed by atoms with Crippen molar-refractivity contribution < 1.29 is 0 Å². The number of benzene rings is 3. The molecule has 1 spiro atoms. The average Bonchev–Trinajstić information content (AvgIpc) is 3.15. The lowest BCUT2D eigenvalue weighted by molar-refractivity contribution is 0.159. The Labute approximate surface area is 216 Å². The van der Waals surface area contributed by atoms with Crippen molar-refractivity contribution in [2.75, 3.05) is 30.8 Å². The Hall–Kier alpha value is -2.23. The van der Waals surface area contributed by atoms with Crippen molar-refractivity contribution in [1.82, 2.24) is 4.90 Å². The van der Waals surface area contributed by atoms with Gasteiger partial charge < -0.3 is 4.90 Å². The number of thioether (sulfide) groups is 1. The fraction of sp³-hybridized carbons (Fsp3) is 0.438. The standard InChI is InChI=1S/C32H40N2S/c1-22-7-8-24(3)28(17-22)20-34-21-32(30-18-29(35-6)11-12-31(30)34)13-15-33(16-14-32)19-27-10-9-23(2)25(4)26(27)5/h7-12,17-18H,13-16,19-21H2,1-6H3. The van der Waals surface area contributed by atoms with Gasteiger partial charge in [-0.3, -0.25) is 4.90 Å². The van der Waals surface area contributed by atoms with Crippen molar-refractivity contribution in [3.8, 4) is 0 Å². The molecule has 2 heterocycles. The van der Waals surface area contributed by atoms with Crippen LogP contribution in [0.4, 0.5) is 5.69 Å². The molecule has 184 valence electrons. The summed E-state index contributed by atoms with van der Waals surface area (Å²) in [5.74, 6) is 0. The quantitative estimate of drug-likeness (QED) is 0.346. The maximum absolute atomic E-state index is 2.69. The van der Waals surface area contributed by atoms with E-state index in [1.54, 1.807) is 5.56 Å². The van der Waals surface area contributed by atoms with Crippen LogP contribution >= 0.6 is 11.8 Å². The molecule has 0 unspecified atom stereocenters. The summed E-state index contributed by atoms with van der Waals surface area (Å²) in [6, 6.07) is 18.8. The first-order valence-electron chi connectivity index (χ1n) is 13.1. The zero-order chi connectivity index (χ0) is 24.7. The van der Waals surface area contributed by atoms with Gasteiger partial charge in [0.15, 0.2) is 0 Å². The minimum absolute atomic E-state index is 0.271. The van der Waals surface area contributed by atoms with E-state index in [1.165, 1.54) is 75.5 Å². The van der Waals surface area contributed by atoms with Crippen molar-refractivity contribution in [2.24, 2.45) is 0 Å². The van der Waals surface area contributed by atoms with Crippen LogP contribution in [0.25, 0.3) is 0 Å². The summed E-state index contributed by atoms with van der Waals surface area (Å²) in [5, 5.41) is 0. The third-order valence-corrected chi connectivity index (χ3v) is 9.58. The summed E-state index contributed by atoms with van der Waals surface area (Å²) >= 11 is 1.87. The van der Waals surface area contributed by atoms with Crippen molar-refractivity contribution in [3.63, 3.8) is 0 Å². The monoisotopic (exact) mass is 484 g/mol. The van der Waals surface area contributed by atoms with Crippen LogP contribution in [-0.4, -0.2) is 30.8 Å². The van der Waals surface area contributed by atoms with Crippen molar-refractivity contribution in [1.29, 1.82) is 0 Å². The Kier molecular flexibility index (Phi) is 6.76. The van der Waals surface area contributed by atoms with Gasteiger partial charge in [-0.2, -0.15) is 0 Å². The SMILES string of the molecule is CSc1ccc2c(c1)C1(CCN(Cc3ccc(C)c(C)c3C)CC1)CN2Cc1cc(C)ccc1C. The van der Waals surface area contributed by atoms with Gasteiger partial charge in [0.25, 0.3) is 0 Å². The second kappa shape index (κ2) is 9.67. The molecule has 0 aromatic heterocycles. The second-order valence-electron chi connectivity index (χ2n) is 11.0. The van der Waals surface area contributed by atoms with Crippen LogP contribution < -0.4 is 4.90 Å². The molecule has 2 aliphatic rings. The lowest BCUT2D eigenvalue weighted by Crippen LogP contribution is -2.44. The number of nitrogens with zero attached hydrogens (tertiary/aromatic N) is 2. The molecular formula is C32H40N2S. The summed E-state index contributed by atoms with van der Waals surface area (Å²) in [6.07, 6.45) is 4.68. The molecular weight excluding hydrogens is 444 g/mol. The molecule has 0 radical (unpaired) electrons. The highest BCUT2D eigenvalue weighted by Crippen LogP contribution is 2.48. The van der Waals surface area contributed by atoms with Gasteiger partial charge in [-0.05, 0) is 124 Å². The molecule has 0 atom stereocenters. The highest BCUT2D eigenvalue weighted by atomic mass is 32.2. The minimum atomic E-state index is 0.271. The molecule has 3 heteroatoms.